The lowest BCUT2D eigenvalue weighted by molar-refractivity contribution is 0.241. The van der Waals surface area contributed by atoms with Gasteiger partial charge < -0.3 is 9.84 Å². The molecule has 0 spiro atoms. The quantitative estimate of drug-likeness (QED) is 0.574. The third-order valence-electron chi connectivity index (χ3n) is 1.71. The van der Waals surface area contributed by atoms with E-state index in [1.807, 2.05) is 0 Å². The van der Waals surface area contributed by atoms with Gasteiger partial charge in [0.15, 0.2) is 0 Å². The first kappa shape index (κ1) is 7.03. The van der Waals surface area contributed by atoms with Crippen LogP contribution in [0.25, 0.3) is 0 Å². The monoisotopic (exact) mass is 130 g/mol. The van der Waals surface area contributed by atoms with Crippen LogP contribution in [-0.4, -0.2) is 23.9 Å². The highest BCUT2D eigenvalue weighted by atomic mass is 16.6. The molecule has 1 aliphatic rings. The molecule has 0 aliphatic carbocycles. The van der Waals surface area contributed by atoms with Crippen molar-refractivity contribution in [3.05, 3.63) is 0 Å². The number of hydrogen-bond acceptors (Lipinski definition) is 2. The van der Waals surface area contributed by atoms with Crippen molar-refractivity contribution in [1.82, 2.24) is 0 Å². The molecule has 0 bridgehead atoms. The fourth-order valence-electron chi connectivity index (χ4n) is 0.999. The molecule has 9 heavy (non-hydrogen) atoms. The molecule has 1 heterocycles. The van der Waals surface area contributed by atoms with E-state index in [0.29, 0.717) is 6.10 Å². The van der Waals surface area contributed by atoms with Crippen molar-refractivity contribution in [2.24, 2.45) is 0 Å². The molecule has 0 aromatic heterocycles. The summed E-state index contributed by atoms with van der Waals surface area (Å²) in [4.78, 5) is 0. The summed E-state index contributed by atoms with van der Waals surface area (Å²) >= 11 is 0. The van der Waals surface area contributed by atoms with Crippen LogP contribution in [0.15, 0.2) is 0 Å². The van der Waals surface area contributed by atoms with Crippen LogP contribution in [0.4, 0.5) is 0 Å². The van der Waals surface area contributed by atoms with Crippen LogP contribution in [0.5, 0.6) is 0 Å². The number of unbranched alkanes of at least 4 members (excludes halogenated alkanes) is 1. The zero-order valence-electron chi connectivity index (χ0n) is 5.84. The second kappa shape index (κ2) is 3.18. The van der Waals surface area contributed by atoms with E-state index in [9.17, 15) is 0 Å². The molecule has 1 N–H and O–H groups in total. The highest BCUT2D eigenvalue weighted by Crippen LogP contribution is 2.25. The fraction of sp³-hybridized carbons (Fsp3) is 1.00. The molecule has 2 nitrogen and oxygen atoms in total. The average Bonchev–Trinajstić information content (AvgIpc) is 2.62. The highest BCUT2D eigenvalue weighted by molar-refractivity contribution is 4.83. The molecule has 0 aromatic carbocycles. The second-order valence-electron chi connectivity index (χ2n) is 2.54. The van der Waals surface area contributed by atoms with Gasteiger partial charge >= 0.3 is 0 Å². The normalized spacial score (nSPS) is 32.7. The SMILES string of the molecule is CCCCC1OC1CO. The Morgan fingerprint density at radius 1 is 1.44 bits per heavy atom. The molecular formula is C7H14O2. The summed E-state index contributed by atoms with van der Waals surface area (Å²) in [7, 11) is 0. The summed E-state index contributed by atoms with van der Waals surface area (Å²) in [5.74, 6) is 0. The second-order valence-corrected chi connectivity index (χ2v) is 2.54. The fourth-order valence-corrected chi connectivity index (χ4v) is 0.999. The minimum Gasteiger partial charge on any atom is -0.394 e. The molecule has 1 rings (SSSR count). The Hall–Kier alpha value is -0.0800. The first-order valence-electron chi connectivity index (χ1n) is 3.64. The van der Waals surface area contributed by atoms with Crippen LogP contribution in [0.2, 0.25) is 0 Å². The predicted molar refractivity (Wildman–Crippen MR) is 35.3 cm³/mol. The third kappa shape index (κ3) is 1.95. The number of epoxide rings is 1. The van der Waals surface area contributed by atoms with E-state index in [1.54, 1.807) is 0 Å². The van der Waals surface area contributed by atoms with Crippen LogP contribution >= 0.6 is 0 Å². The highest BCUT2D eigenvalue weighted by Gasteiger charge is 2.36. The molecule has 2 heteroatoms. The van der Waals surface area contributed by atoms with Gasteiger partial charge in [-0.05, 0) is 6.42 Å². The molecule has 2 atom stereocenters. The van der Waals surface area contributed by atoms with Crippen molar-refractivity contribution in [2.45, 2.75) is 38.4 Å². The molecule has 54 valence electrons. The minimum atomic E-state index is 0.177. The molecule has 0 aromatic rings. The third-order valence-corrected chi connectivity index (χ3v) is 1.71. The van der Waals surface area contributed by atoms with Crippen molar-refractivity contribution in [3.8, 4) is 0 Å². The van der Waals surface area contributed by atoms with Gasteiger partial charge in [0, 0.05) is 0 Å². The lowest BCUT2D eigenvalue weighted by atomic mass is 10.2. The van der Waals surface area contributed by atoms with E-state index in [0.717, 1.165) is 6.42 Å². The molecule has 0 saturated carbocycles. The summed E-state index contributed by atoms with van der Waals surface area (Å²) in [5, 5.41) is 8.55. The Morgan fingerprint density at radius 2 is 2.22 bits per heavy atom. The lowest BCUT2D eigenvalue weighted by Gasteiger charge is -1.88. The summed E-state index contributed by atoms with van der Waals surface area (Å²) in [5.41, 5.74) is 0. The summed E-state index contributed by atoms with van der Waals surface area (Å²) in [6.07, 6.45) is 4.13. The first-order valence-corrected chi connectivity index (χ1v) is 3.64. The molecule has 0 amide bonds. The van der Waals surface area contributed by atoms with Crippen LogP contribution in [0.3, 0.4) is 0 Å². The van der Waals surface area contributed by atoms with Gasteiger partial charge in [-0.15, -0.1) is 0 Å². The predicted octanol–water partition coefficient (Wildman–Crippen LogP) is 0.936. The molecule has 2 unspecified atom stereocenters. The van der Waals surface area contributed by atoms with E-state index in [1.165, 1.54) is 12.8 Å². The van der Waals surface area contributed by atoms with Crippen molar-refractivity contribution in [1.29, 1.82) is 0 Å². The smallest absolute Gasteiger partial charge is 0.107 e. The molecule has 1 fully saturated rings. The zero-order chi connectivity index (χ0) is 6.69. The maximum atomic E-state index is 8.55. The summed E-state index contributed by atoms with van der Waals surface area (Å²) < 4.78 is 5.12. The van der Waals surface area contributed by atoms with Crippen molar-refractivity contribution < 1.29 is 9.84 Å². The van der Waals surface area contributed by atoms with Gasteiger partial charge in [-0.25, -0.2) is 0 Å². The van der Waals surface area contributed by atoms with Gasteiger partial charge in [0.1, 0.15) is 6.10 Å². The van der Waals surface area contributed by atoms with Gasteiger partial charge in [0.2, 0.25) is 0 Å². The summed E-state index contributed by atoms with van der Waals surface area (Å²) in [6.45, 7) is 2.37. The number of aliphatic hydroxyl groups is 1. The average molecular weight is 130 g/mol. The lowest BCUT2D eigenvalue weighted by Crippen LogP contribution is -1.98. The number of aliphatic hydroxyl groups excluding tert-OH is 1. The first-order chi connectivity index (χ1) is 4.38. The number of rotatable bonds is 4. The maximum absolute atomic E-state index is 8.55. The zero-order valence-corrected chi connectivity index (χ0v) is 5.84. The van der Waals surface area contributed by atoms with Crippen LogP contribution in [-0.2, 0) is 4.74 Å². The van der Waals surface area contributed by atoms with Crippen molar-refractivity contribution >= 4 is 0 Å². The molecule has 1 saturated heterocycles. The van der Waals surface area contributed by atoms with Crippen LogP contribution < -0.4 is 0 Å². The van der Waals surface area contributed by atoms with Crippen LogP contribution in [0.1, 0.15) is 26.2 Å². The Bertz CT molecular complexity index is 83.0. The minimum absolute atomic E-state index is 0.177. The van der Waals surface area contributed by atoms with E-state index >= 15 is 0 Å². The molecule has 0 radical (unpaired) electrons. The number of hydrogen-bond donors (Lipinski definition) is 1. The van der Waals surface area contributed by atoms with Gasteiger partial charge in [0.25, 0.3) is 0 Å². The Balaban J connectivity index is 1.92. The Labute approximate surface area is 55.8 Å². The molecule has 1 aliphatic heterocycles. The van der Waals surface area contributed by atoms with E-state index in [-0.39, 0.29) is 12.7 Å². The number of ether oxygens (including phenoxy) is 1. The van der Waals surface area contributed by atoms with E-state index in [4.69, 9.17) is 9.84 Å². The van der Waals surface area contributed by atoms with Crippen molar-refractivity contribution in [3.63, 3.8) is 0 Å². The Morgan fingerprint density at radius 3 is 2.67 bits per heavy atom. The van der Waals surface area contributed by atoms with Crippen molar-refractivity contribution in [2.75, 3.05) is 6.61 Å². The molecular weight excluding hydrogens is 116 g/mol. The standard InChI is InChI=1S/C7H14O2/c1-2-3-4-6-7(5-8)9-6/h6-8H,2-5H2,1H3. The van der Waals surface area contributed by atoms with Gasteiger partial charge in [-0.2, -0.15) is 0 Å². The van der Waals surface area contributed by atoms with Gasteiger partial charge in [-0.1, -0.05) is 19.8 Å². The van der Waals surface area contributed by atoms with Gasteiger partial charge in [-0.3, -0.25) is 0 Å². The van der Waals surface area contributed by atoms with E-state index in [2.05, 4.69) is 6.92 Å². The van der Waals surface area contributed by atoms with Gasteiger partial charge in [0.05, 0.1) is 12.7 Å². The topological polar surface area (TPSA) is 32.8 Å². The largest absolute Gasteiger partial charge is 0.394 e. The summed E-state index contributed by atoms with van der Waals surface area (Å²) in [6, 6.07) is 0. The van der Waals surface area contributed by atoms with E-state index < -0.39 is 0 Å². The Kier molecular flexibility index (Phi) is 2.49. The maximum Gasteiger partial charge on any atom is 0.107 e. The van der Waals surface area contributed by atoms with Crippen LogP contribution in [0, 0.1) is 0 Å².